The van der Waals surface area contributed by atoms with Gasteiger partial charge in [-0.25, -0.2) is 0 Å². The molecule has 152 valence electrons. The summed E-state index contributed by atoms with van der Waals surface area (Å²) in [5, 5.41) is 11.9. The van der Waals surface area contributed by atoms with E-state index in [1.54, 1.807) is 0 Å². The van der Waals surface area contributed by atoms with E-state index in [0.717, 1.165) is 26.4 Å². The van der Waals surface area contributed by atoms with E-state index in [9.17, 15) is 5.26 Å². The van der Waals surface area contributed by atoms with Gasteiger partial charge in [0.1, 0.15) is 17.4 Å². The van der Waals surface area contributed by atoms with Crippen molar-refractivity contribution in [3.05, 3.63) is 75.6 Å². The van der Waals surface area contributed by atoms with Crippen LogP contribution in [0.25, 0.3) is 10.8 Å². The molecule has 3 aromatic rings. The molecule has 6 heteroatoms. The second kappa shape index (κ2) is 8.29. The second-order valence-electron chi connectivity index (χ2n) is 6.83. The molecule has 0 aromatic heterocycles. The largest absolute Gasteiger partial charge is 0.490 e. The third kappa shape index (κ3) is 3.35. The van der Waals surface area contributed by atoms with E-state index in [2.05, 4.69) is 22.0 Å². The predicted molar refractivity (Wildman–Crippen MR) is 120 cm³/mol. The van der Waals surface area contributed by atoms with Crippen LogP contribution in [0, 0.1) is 11.3 Å². The fraction of sp³-hybridized carbons (Fsp3) is 0.208. The fourth-order valence-electron chi connectivity index (χ4n) is 3.83. The van der Waals surface area contributed by atoms with Crippen LogP contribution in [0.2, 0.25) is 0 Å². The maximum absolute atomic E-state index is 9.88. The van der Waals surface area contributed by atoms with Crippen molar-refractivity contribution < 1.29 is 14.2 Å². The van der Waals surface area contributed by atoms with Crippen LogP contribution in [0.15, 0.2) is 64.5 Å². The van der Waals surface area contributed by atoms with Crippen molar-refractivity contribution in [3.63, 3.8) is 0 Å². The molecule has 0 radical (unpaired) electrons. The number of nitriles is 1. The van der Waals surface area contributed by atoms with Crippen molar-refractivity contribution in [2.45, 2.75) is 19.8 Å². The molecule has 1 aliphatic heterocycles. The van der Waals surface area contributed by atoms with Crippen molar-refractivity contribution in [1.82, 2.24) is 0 Å². The average Bonchev–Trinajstić information content (AvgIpc) is 2.75. The Kier molecular flexibility index (Phi) is 5.56. The molecular weight excluding hydrogens is 444 g/mol. The summed E-state index contributed by atoms with van der Waals surface area (Å²) in [7, 11) is 0. The number of nitrogens with two attached hydrogens (primary N) is 1. The number of ether oxygens (including phenoxy) is 3. The molecule has 2 N–H and O–H groups in total. The number of fused-ring (bicyclic) bond motifs is 3. The molecule has 5 nitrogen and oxygen atoms in total. The second-order valence-corrected chi connectivity index (χ2v) is 7.68. The number of halogens is 1. The Bertz CT molecular complexity index is 1200. The topological polar surface area (TPSA) is 77.5 Å². The smallest absolute Gasteiger partial charge is 0.205 e. The molecule has 0 saturated carbocycles. The normalized spacial score (nSPS) is 15.3. The Hall–Kier alpha value is -3.17. The highest BCUT2D eigenvalue weighted by Gasteiger charge is 2.32. The lowest BCUT2D eigenvalue weighted by atomic mass is 9.82. The molecule has 0 aliphatic carbocycles. The van der Waals surface area contributed by atoms with Crippen molar-refractivity contribution in [3.8, 4) is 23.3 Å². The molecule has 1 aliphatic rings. The molecular formula is C24H21BrN2O3. The van der Waals surface area contributed by atoms with E-state index < -0.39 is 0 Å². The van der Waals surface area contributed by atoms with Crippen molar-refractivity contribution in [2.75, 3.05) is 13.2 Å². The van der Waals surface area contributed by atoms with Gasteiger partial charge in [-0.15, -0.1) is 0 Å². The summed E-state index contributed by atoms with van der Waals surface area (Å²) in [6.07, 6.45) is 0. The minimum Gasteiger partial charge on any atom is -0.490 e. The van der Waals surface area contributed by atoms with Crippen LogP contribution in [-0.4, -0.2) is 13.2 Å². The Morgan fingerprint density at radius 2 is 1.87 bits per heavy atom. The first-order valence-corrected chi connectivity index (χ1v) is 10.6. The number of hydrogen-bond acceptors (Lipinski definition) is 5. The number of hydrogen-bond donors (Lipinski definition) is 1. The van der Waals surface area contributed by atoms with Gasteiger partial charge in [-0.05, 0) is 52.9 Å². The Morgan fingerprint density at radius 1 is 1.10 bits per heavy atom. The lowest BCUT2D eigenvalue weighted by Gasteiger charge is -2.28. The van der Waals surface area contributed by atoms with E-state index in [0.29, 0.717) is 36.0 Å². The first kappa shape index (κ1) is 20.1. The molecule has 3 aromatic carbocycles. The summed E-state index contributed by atoms with van der Waals surface area (Å²) in [4.78, 5) is 0. The third-order valence-corrected chi connectivity index (χ3v) is 5.65. The minimum absolute atomic E-state index is 0.120. The van der Waals surface area contributed by atoms with Crippen LogP contribution in [-0.2, 0) is 0 Å². The van der Waals surface area contributed by atoms with Gasteiger partial charge in [0.05, 0.1) is 23.6 Å². The van der Waals surface area contributed by atoms with Gasteiger partial charge in [0.25, 0.3) is 0 Å². The lowest BCUT2D eigenvalue weighted by molar-refractivity contribution is 0.286. The molecule has 30 heavy (non-hydrogen) atoms. The van der Waals surface area contributed by atoms with Crippen molar-refractivity contribution >= 4 is 26.7 Å². The molecule has 4 rings (SSSR count). The quantitative estimate of drug-likeness (QED) is 0.530. The zero-order valence-electron chi connectivity index (χ0n) is 16.7. The average molecular weight is 465 g/mol. The molecule has 0 fully saturated rings. The summed E-state index contributed by atoms with van der Waals surface area (Å²) < 4.78 is 18.3. The van der Waals surface area contributed by atoms with Crippen LogP contribution < -0.4 is 19.9 Å². The molecule has 0 amide bonds. The van der Waals surface area contributed by atoms with E-state index in [1.807, 2.05) is 62.4 Å². The minimum atomic E-state index is -0.380. The number of nitrogens with zero attached hydrogens (tertiary/aromatic N) is 1. The van der Waals surface area contributed by atoms with Crippen LogP contribution in [0.4, 0.5) is 0 Å². The molecule has 0 spiro atoms. The van der Waals surface area contributed by atoms with E-state index in [-0.39, 0.29) is 11.8 Å². The van der Waals surface area contributed by atoms with Gasteiger partial charge in [0.2, 0.25) is 5.88 Å². The van der Waals surface area contributed by atoms with E-state index in [1.165, 1.54) is 0 Å². The summed E-state index contributed by atoms with van der Waals surface area (Å²) in [6.45, 7) is 4.85. The predicted octanol–water partition coefficient (Wildman–Crippen LogP) is 5.62. The van der Waals surface area contributed by atoms with Gasteiger partial charge in [-0.2, -0.15) is 5.26 Å². The van der Waals surface area contributed by atoms with Gasteiger partial charge >= 0.3 is 0 Å². The van der Waals surface area contributed by atoms with Crippen LogP contribution >= 0.6 is 15.9 Å². The van der Waals surface area contributed by atoms with Crippen LogP contribution in [0.1, 0.15) is 30.9 Å². The zero-order valence-corrected chi connectivity index (χ0v) is 18.3. The molecule has 0 saturated heterocycles. The number of rotatable bonds is 5. The summed E-state index contributed by atoms with van der Waals surface area (Å²) in [5.74, 6) is 1.68. The van der Waals surface area contributed by atoms with Crippen LogP contribution in [0.3, 0.4) is 0 Å². The zero-order chi connectivity index (χ0) is 21.3. The van der Waals surface area contributed by atoms with Gasteiger partial charge < -0.3 is 19.9 Å². The van der Waals surface area contributed by atoms with E-state index >= 15 is 0 Å². The Balaban J connectivity index is 1.96. The van der Waals surface area contributed by atoms with Gasteiger partial charge in [-0.1, -0.05) is 36.4 Å². The maximum atomic E-state index is 9.88. The summed E-state index contributed by atoms with van der Waals surface area (Å²) >= 11 is 3.61. The molecule has 0 bridgehead atoms. The first-order valence-electron chi connectivity index (χ1n) is 9.77. The highest BCUT2D eigenvalue weighted by atomic mass is 79.9. The fourth-order valence-corrected chi connectivity index (χ4v) is 4.41. The summed E-state index contributed by atoms with van der Waals surface area (Å²) in [5.41, 5.74) is 8.33. The Labute approximate surface area is 183 Å². The SMILES string of the molecule is CCOc1cc(C2C(C#N)=C(N)Oc3c2ccc2ccccc32)cc(Br)c1OCC. The number of allylic oxidation sites excluding steroid dienone is 1. The van der Waals surface area contributed by atoms with Gasteiger partial charge in [0.15, 0.2) is 11.5 Å². The number of benzene rings is 3. The van der Waals surface area contributed by atoms with Crippen molar-refractivity contribution in [1.29, 1.82) is 5.26 Å². The third-order valence-electron chi connectivity index (χ3n) is 5.06. The lowest BCUT2D eigenvalue weighted by Crippen LogP contribution is -2.21. The summed E-state index contributed by atoms with van der Waals surface area (Å²) in [6, 6.07) is 18.1. The highest BCUT2D eigenvalue weighted by Crippen LogP contribution is 2.48. The Morgan fingerprint density at radius 3 is 2.60 bits per heavy atom. The highest BCUT2D eigenvalue weighted by molar-refractivity contribution is 9.10. The first-order chi connectivity index (χ1) is 14.6. The molecule has 1 unspecified atom stereocenters. The standard InChI is InChI=1S/C24H21BrN2O3/c1-3-28-20-12-15(11-19(25)23(20)29-4-2)21-17-10-9-14-7-5-6-8-16(14)22(17)30-24(27)18(21)13-26/h5-12,21H,3-4,27H2,1-2H3. The maximum Gasteiger partial charge on any atom is 0.205 e. The molecule has 1 atom stereocenters. The van der Waals surface area contributed by atoms with E-state index in [4.69, 9.17) is 19.9 Å². The molecule has 1 heterocycles. The van der Waals surface area contributed by atoms with Gasteiger partial charge in [-0.3, -0.25) is 0 Å². The van der Waals surface area contributed by atoms with Gasteiger partial charge in [0, 0.05) is 10.9 Å². The van der Waals surface area contributed by atoms with Crippen LogP contribution in [0.5, 0.6) is 17.2 Å². The monoisotopic (exact) mass is 464 g/mol. The van der Waals surface area contributed by atoms with Crippen molar-refractivity contribution in [2.24, 2.45) is 5.73 Å².